The second-order valence-corrected chi connectivity index (χ2v) is 5.51. The maximum absolute atomic E-state index is 9.68. The maximum atomic E-state index is 9.68. The predicted molar refractivity (Wildman–Crippen MR) is 49.4 cm³/mol. The number of carbonyl (C=O) groups is 1. The van der Waals surface area contributed by atoms with Gasteiger partial charge in [-0.05, 0) is 0 Å². The number of aliphatic carboxylic acids is 1. The summed E-state index contributed by atoms with van der Waals surface area (Å²) < 4.78 is -0.291. The van der Waals surface area contributed by atoms with Crippen LogP contribution in [0, 0.1) is 0 Å². The van der Waals surface area contributed by atoms with Crippen LogP contribution in [0.2, 0.25) is 0 Å². The second kappa shape index (κ2) is 5.70. The van der Waals surface area contributed by atoms with Crippen LogP contribution in [-0.2, 0) is 4.79 Å². The molecule has 0 bridgehead atoms. The molecule has 0 radical (unpaired) electrons. The molecule has 0 unspecified atom stereocenters. The number of hydrogen-bond donors (Lipinski definition) is 1. The first-order valence-corrected chi connectivity index (χ1v) is 3.64. The third-order valence-electron chi connectivity index (χ3n) is 0.187. The van der Waals surface area contributed by atoms with E-state index in [1.54, 1.807) is 0 Å². The van der Waals surface area contributed by atoms with Crippen molar-refractivity contribution in [3.8, 4) is 0 Å². The van der Waals surface area contributed by atoms with E-state index >= 15 is 0 Å². The molecule has 0 atom stereocenters. The van der Waals surface area contributed by atoms with Crippen molar-refractivity contribution < 1.29 is 9.90 Å². The van der Waals surface area contributed by atoms with Crippen LogP contribution in [0.3, 0.4) is 0 Å². The van der Waals surface area contributed by atoms with Crippen LogP contribution in [0.5, 0.6) is 0 Å². The second-order valence-electron chi connectivity index (χ2n) is 0.639. The average Bonchev–Trinajstić information content (AvgIpc) is 1.36. The Labute approximate surface area is 81.8 Å². The van der Waals surface area contributed by atoms with Crippen LogP contribution in [0.1, 0.15) is 0 Å². The predicted octanol–water partition coefficient (Wildman–Crippen LogP) is 0.0832. The van der Waals surface area contributed by atoms with Gasteiger partial charge in [0.2, 0.25) is 0 Å². The van der Waals surface area contributed by atoms with Gasteiger partial charge in [-0.15, -0.1) is 0 Å². The number of rotatable bonds is 1. The molecule has 0 heterocycles. The molecule has 42 valence electrons. The van der Waals surface area contributed by atoms with Crippen LogP contribution in [-0.4, -0.2) is 32.8 Å². The topological polar surface area (TPSA) is 37.3 Å². The molecular formula is C2H5GaI2O2. The summed E-state index contributed by atoms with van der Waals surface area (Å²) in [6.07, 6.45) is 0. The molecule has 0 aromatic carbocycles. The van der Waals surface area contributed by atoms with E-state index in [-0.39, 0.29) is 21.7 Å². The van der Waals surface area contributed by atoms with Crippen LogP contribution < -0.4 is 0 Å². The van der Waals surface area contributed by atoms with Crippen LogP contribution in [0.4, 0.5) is 0 Å². The van der Waals surface area contributed by atoms with Gasteiger partial charge >= 0.3 is 25.8 Å². The first-order valence-electron chi connectivity index (χ1n) is 1.15. The van der Waals surface area contributed by atoms with E-state index in [1.165, 1.54) is 0 Å². The number of halogens is 2. The van der Waals surface area contributed by atoms with Crippen LogP contribution in [0.25, 0.3) is 0 Å². The van der Waals surface area contributed by atoms with E-state index in [9.17, 15) is 4.79 Å². The van der Waals surface area contributed by atoms with Gasteiger partial charge in [0.05, 0.1) is 0 Å². The monoisotopic (exact) mass is 384 g/mol. The SMILES string of the molecule is O=C(O)C(I)I.[GaH3]. The van der Waals surface area contributed by atoms with Crippen LogP contribution >= 0.6 is 45.2 Å². The molecular weight excluding hydrogens is 380 g/mol. The Morgan fingerprint density at radius 2 is 1.71 bits per heavy atom. The molecule has 0 aliphatic heterocycles. The van der Waals surface area contributed by atoms with Gasteiger partial charge in [0, 0.05) is 0 Å². The first-order chi connectivity index (χ1) is 2.64. The van der Waals surface area contributed by atoms with Crippen molar-refractivity contribution in [2.24, 2.45) is 0 Å². The van der Waals surface area contributed by atoms with Gasteiger partial charge in [-0.1, -0.05) is 45.2 Å². The molecule has 0 aliphatic rings. The van der Waals surface area contributed by atoms with Crippen molar-refractivity contribution in [2.75, 3.05) is 0 Å². The van der Waals surface area contributed by atoms with Crippen molar-refractivity contribution in [2.45, 2.75) is 1.93 Å². The number of hydrogen-bond acceptors (Lipinski definition) is 1. The zero-order chi connectivity index (χ0) is 5.15. The van der Waals surface area contributed by atoms with Crippen molar-refractivity contribution in [3.63, 3.8) is 0 Å². The summed E-state index contributed by atoms with van der Waals surface area (Å²) in [5.74, 6) is -0.767. The molecule has 0 saturated heterocycles. The minimum atomic E-state index is -0.767. The Kier molecular flexibility index (Phi) is 9.26. The van der Waals surface area contributed by atoms with E-state index in [0.29, 0.717) is 0 Å². The summed E-state index contributed by atoms with van der Waals surface area (Å²) >= 11 is 3.64. The summed E-state index contributed by atoms with van der Waals surface area (Å²) in [5.41, 5.74) is 0. The Bertz CT molecular complexity index is 64.7. The number of alkyl halides is 2. The van der Waals surface area contributed by atoms with E-state index < -0.39 is 5.97 Å². The fourth-order valence-corrected chi connectivity index (χ4v) is 0. The molecule has 0 aliphatic carbocycles. The molecule has 5 heteroatoms. The molecule has 0 aromatic rings. The van der Waals surface area contributed by atoms with Gasteiger partial charge in [0.15, 0.2) is 1.93 Å². The zero-order valence-corrected chi connectivity index (χ0v) is 7.00. The van der Waals surface area contributed by atoms with E-state index in [4.69, 9.17) is 5.11 Å². The molecule has 0 aromatic heterocycles. The zero-order valence-electron chi connectivity index (χ0n) is 2.69. The number of carboxylic acid groups (broad SMARTS) is 1. The normalized spacial score (nSPS) is 7.86. The standard InChI is InChI=1S/C2H2I2O2.Ga.3H/c3-1(4)2(5)6;;;;/h1H,(H,5,6);;;;. The van der Waals surface area contributed by atoms with Crippen LogP contribution in [0.15, 0.2) is 0 Å². The van der Waals surface area contributed by atoms with Gasteiger partial charge < -0.3 is 5.11 Å². The summed E-state index contributed by atoms with van der Waals surface area (Å²) in [7, 11) is 0. The Hall–Kier alpha value is 1.57. The van der Waals surface area contributed by atoms with Gasteiger partial charge in [0.1, 0.15) is 0 Å². The molecule has 0 fully saturated rings. The molecule has 0 saturated carbocycles. The average molecular weight is 385 g/mol. The van der Waals surface area contributed by atoms with Crippen molar-refractivity contribution in [1.29, 1.82) is 0 Å². The van der Waals surface area contributed by atoms with Crippen molar-refractivity contribution in [3.05, 3.63) is 0 Å². The minimum absolute atomic E-state index is 0. The molecule has 0 spiro atoms. The summed E-state index contributed by atoms with van der Waals surface area (Å²) in [4.78, 5) is 9.68. The first kappa shape index (κ1) is 11.4. The van der Waals surface area contributed by atoms with E-state index in [2.05, 4.69) is 0 Å². The fourth-order valence-electron chi connectivity index (χ4n) is 0. The summed E-state index contributed by atoms with van der Waals surface area (Å²) in [6, 6.07) is 0. The van der Waals surface area contributed by atoms with Gasteiger partial charge in [-0.3, -0.25) is 4.79 Å². The quantitative estimate of drug-likeness (QED) is 0.395. The molecule has 1 N–H and O–H groups in total. The third-order valence-corrected chi connectivity index (χ3v) is 1.25. The Morgan fingerprint density at radius 1 is 1.57 bits per heavy atom. The Morgan fingerprint density at radius 3 is 1.71 bits per heavy atom. The number of carboxylic acids is 1. The van der Waals surface area contributed by atoms with Crippen molar-refractivity contribution >= 4 is 70.9 Å². The molecule has 2 nitrogen and oxygen atoms in total. The van der Waals surface area contributed by atoms with Gasteiger partial charge in [0.25, 0.3) is 0 Å². The molecule has 7 heavy (non-hydrogen) atoms. The Balaban J connectivity index is 0. The van der Waals surface area contributed by atoms with Gasteiger partial charge in [-0.2, -0.15) is 0 Å². The van der Waals surface area contributed by atoms with Crippen molar-refractivity contribution in [1.82, 2.24) is 0 Å². The summed E-state index contributed by atoms with van der Waals surface area (Å²) in [5, 5.41) is 7.98. The third kappa shape index (κ3) is 7.57. The molecule has 0 rings (SSSR count). The summed E-state index contributed by atoms with van der Waals surface area (Å²) in [6.45, 7) is 0. The van der Waals surface area contributed by atoms with E-state index in [1.807, 2.05) is 45.2 Å². The fraction of sp³-hybridized carbons (Fsp3) is 0.500. The molecule has 0 amide bonds. The van der Waals surface area contributed by atoms with Gasteiger partial charge in [-0.25, -0.2) is 0 Å². The van der Waals surface area contributed by atoms with E-state index in [0.717, 1.165) is 0 Å².